The minimum Gasteiger partial charge on any atom is -0.468 e. The van der Waals surface area contributed by atoms with Crippen LogP contribution in [0.15, 0.2) is 12.3 Å². The van der Waals surface area contributed by atoms with Crippen LogP contribution in [0, 0.1) is 6.92 Å². The van der Waals surface area contributed by atoms with E-state index in [-0.39, 0.29) is 5.97 Å². The van der Waals surface area contributed by atoms with Gasteiger partial charge < -0.3 is 10.1 Å². The van der Waals surface area contributed by atoms with E-state index in [1.165, 1.54) is 7.11 Å². The second-order valence-electron chi connectivity index (χ2n) is 4.68. The molecule has 1 rings (SSSR count). The molecule has 0 radical (unpaired) electrons. The van der Waals surface area contributed by atoms with Gasteiger partial charge in [-0.1, -0.05) is 6.92 Å². The normalized spacial score (nSPS) is 14.2. The summed E-state index contributed by atoms with van der Waals surface area (Å²) in [4.78, 5) is 11.8. The van der Waals surface area contributed by atoms with Gasteiger partial charge in [0, 0.05) is 12.7 Å². The van der Waals surface area contributed by atoms with Crippen molar-refractivity contribution in [3.63, 3.8) is 0 Å². The molecule has 5 heteroatoms. The predicted molar refractivity (Wildman–Crippen MR) is 70.3 cm³/mol. The molecule has 0 aliphatic rings. The molecule has 1 atom stereocenters. The van der Waals surface area contributed by atoms with Gasteiger partial charge >= 0.3 is 5.97 Å². The van der Waals surface area contributed by atoms with E-state index in [9.17, 15) is 4.79 Å². The van der Waals surface area contributed by atoms with Gasteiger partial charge in [0.1, 0.15) is 5.54 Å². The minimum absolute atomic E-state index is 0.207. The summed E-state index contributed by atoms with van der Waals surface area (Å²) in [5.41, 5.74) is 0.406. The zero-order valence-corrected chi connectivity index (χ0v) is 11.7. The zero-order valence-electron chi connectivity index (χ0n) is 11.7. The Morgan fingerprint density at radius 3 is 2.83 bits per heavy atom. The van der Waals surface area contributed by atoms with E-state index in [2.05, 4.69) is 10.4 Å². The summed E-state index contributed by atoms with van der Waals surface area (Å²) >= 11 is 0. The highest BCUT2D eigenvalue weighted by Crippen LogP contribution is 2.15. The Bertz CT molecular complexity index is 389. The Morgan fingerprint density at radius 2 is 2.33 bits per heavy atom. The van der Waals surface area contributed by atoms with Crippen molar-refractivity contribution < 1.29 is 9.53 Å². The van der Waals surface area contributed by atoms with Crippen molar-refractivity contribution in [1.82, 2.24) is 15.1 Å². The Balaban J connectivity index is 2.49. The van der Waals surface area contributed by atoms with E-state index >= 15 is 0 Å². The van der Waals surface area contributed by atoms with Gasteiger partial charge in [0.2, 0.25) is 0 Å². The molecule has 0 amide bonds. The van der Waals surface area contributed by atoms with Crippen LogP contribution in [0.1, 0.15) is 32.4 Å². The molecule has 1 heterocycles. The second-order valence-corrected chi connectivity index (χ2v) is 4.68. The first-order chi connectivity index (χ1) is 8.51. The molecule has 1 unspecified atom stereocenters. The number of rotatable bonds is 7. The number of esters is 1. The van der Waals surface area contributed by atoms with Crippen LogP contribution in [0.3, 0.4) is 0 Å². The number of ether oxygens (including phenoxy) is 1. The predicted octanol–water partition coefficient (Wildman–Crippen LogP) is 1.51. The van der Waals surface area contributed by atoms with Gasteiger partial charge in [-0.2, -0.15) is 5.10 Å². The summed E-state index contributed by atoms with van der Waals surface area (Å²) in [7, 11) is 1.43. The third-order valence-corrected chi connectivity index (χ3v) is 3.04. The van der Waals surface area contributed by atoms with Gasteiger partial charge in [-0.25, -0.2) is 0 Å². The fourth-order valence-electron chi connectivity index (χ4n) is 2.06. The first-order valence-corrected chi connectivity index (χ1v) is 6.35. The molecular formula is C13H23N3O2. The molecule has 102 valence electrons. The van der Waals surface area contributed by atoms with Gasteiger partial charge in [-0.3, -0.25) is 9.48 Å². The van der Waals surface area contributed by atoms with Crippen molar-refractivity contribution in [2.75, 3.05) is 13.7 Å². The maximum Gasteiger partial charge on any atom is 0.325 e. The van der Waals surface area contributed by atoms with Crippen LogP contribution in [-0.4, -0.2) is 34.9 Å². The molecule has 18 heavy (non-hydrogen) atoms. The molecule has 0 aliphatic carbocycles. The summed E-state index contributed by atoms with van der Waals surface area (Å²) in [6, 6.07) is 1.98. The summed E-state index contributed by atoms with van der Waals surface area (Å²) in [5, 5.41) is 7.52. The van der Waals surface area contributed by atoms with Gasteiger partial charge in [0.15, 0.2) is 0 Å². The number of nitrogens with zero attached hydrogens (tertiary/aromatic N) is 2. The first-order valence-electron chi connectivity index (χ1n) is 6.35. The third kappa shape index (κ3) is 3.84. The number of nitrogens with one attached hydrogen (secondary N) is 1. The van der Waals surface area contributed by atoms with Crippen LogP contribution < -0.4 is 5.32 Å². The maximum atomic E-state index is 11.8. The molecule has 1 N–H and O–H groups in total. The number of hydrogen-bond acceptors (Lipinski definition) is 4. The van der Waals surface area contributed by atoms with E-state index in [0.29, 0.717) is 0 Å². The molecule has 0 saturated carbocycles. The average molecular weight is 253 g/mol. The van der Waals surface area contributed by atoms with E-state index in [4.69, 9.17) is 4.74 Å². The molecule has 0 spiro atoms. The lowest BCUT2D eigenvalue weighted by atomic mass is 9.96. The molecule has 1 aromatic rings. The highest BCUT2D eigenvalue weighted by atomic mass is 16.5. The van der Waals surface area contributed by atoms with E-state index < -0.39 is 5.54 Å². The number of aryl methyl sites for hydroxylation is 2. The molecule has 0 aromatic carbocycles. The van der Waals surface area contributed by atoms with Crippen molar-refractivity contribution in [1.29, 1.82) is 0 Å². The molecule has 0 fully saturated rings. The summed E-state index contributed by atoms with van der Waals surface area (Å²) < 4.78 is 6.75. The van der Waals surface area contributed by atoms with Crippen LogP contribution in [0.5, 0.6) is 0 Å². The number of methoxy groups -OCH3 is 1. The lowest BCUT2D eigenvalue weighted by molar-refractivity contribution is -0.148. The SMILES string of the molecule is CCNC(C)(CCCn1ccc(C)n1)C(=O)OC. The highest BCUT2D eigenvalue weighted by molar-refractivity contribution is 5.80. The number of carbonyl (C=O) groups excluding carboxylic acids is 1. The van der Waals surface area contributed by atoms with Crippen LogP contribution in [0.2, 0.25) is 0 Å². The van der Waals surface area contributed by atoms with Gasteiger partial charge in [0.25, 0.3) is 0 Å². The van der Waals surface area contributed by atoms with E-state index in [1.807, 2.05) is 37.7 Å². The summed E-state index contributed by atoms with van der Waals surface area (Å²) in [6.45, 7) is 7.39. The van der Waals surface area contributed by atoms with Crippen LogP contribution >= 0.6 is 0 Å². The number of hydrogen-bond donors (Lipinski definition) is 1. The first kappa shape index (κ1) is 14.7. The number of aromatic nitrogens is 2. The van der Waals surface area contributed by atoms with Crippen LogP contribution in [-0.2, 0) is 16.1 Å². The van der Waals surface area contributed by atoms with Crippen molar-refractivity contribution in [2.24, 2.45) is 0 Å². The molecule has 1 aromatic heterocycles. The smallest absolute Gasteiger partial charge is 0.325 e. The summed E-state index contributed by atoms with van der Waals surface area (Å²) in [6.07, 6.45) is 3.56. The zero-order chi connectivity index (χ0) is 13.6. The highest BCUT2D eigenvalue weighted by Gasteiger charge is 2.32. The summed E-state index contributed by atoms with van der Waals surface area (Å²) in [5.74, 6) is -0.207. The van der Waals surface area contributed by atoms with Gasteiger partial charge in [0.05, 0.1) is 12.8 Å². The fraction of sp³-hybridized carbons (Fsp3) is 0.692. The lowest BCUT2D eigenvalue weighted by Crippen LogP contribution is -2.50. The molecule has 0 bridgehead atoms. The number of carbonyl (C=O) groups is 1. The number of likely N-dealkylation sites (N-methyl/N-ethyl adjacent to an activating group) is 1. The Kier molecular flexibility index (Phi) is 5.34. The Hall–Kier alpha value is -1.36. The maximum absolute atomic E-state index is 11.8. The van der Waals surface area contributed by atoms with Crippen molar-refractivity contribution >= 4 is 5.97 Å². The molecule has 5 nitrogen and oxygen atoms in total. The van der Waals surface area contributed by atoms with Crippen molar-refractivity contribution in [2.45, 2.75) is 45.7 Å². The topological polar surface area (TPSA) is 56.2 Å². The third-order valence-electron chi connectivity index (χ3n) is 3.04. The van der Waals surface area contributed by atoms with Crippen LogP contribution in [0.25, 0.3) is 0 Å². The van der Waals surface area contributed by atoms with Crippen molar-refractivity contribution in [3.8, 4) is 0 Å². The molecular weight excluding hydrogens is 230 g/mol. The Labute approximate surface area is 109 Å². The minimum atomic E-state index is -0.605. The average Bonchev–Trinajstić information content (AvgIpc) is 2.74. The van der Waals surface area contributed by atoms with Gasteiger partial charge in [-0.05, 0) is 39.3 Å². The monoisotopic (exact) mass is 253 g/mol. The Morgan fingerprint density at radius 1 is 1.61 bits per heavy atom. The standard InChI is InChI=1S/C13H23N3O2/c1-5-14-13(3,12(17)18-4)8-6-9-16-10-7-11(2)15-16/h7,10,14H,5-6,8-9H2,1-4H3. The quantitative estimate of drug-likeness (QED) is 0.748. The largest absolute Gasteiger partial charge is 0.468 e. The van der Waals surface area contributed by atoms with Crippen molar-refractivity contribution in [3.05, 3.63) is 18.0 Å². The van der Waals surface area contributed by atoms with Crippen LogP contribution in [0.4, 0.5) is 0 Å². The second kappa shape index (κ2) is 6.54. The molecule has 0 aliphatic heterocycles. The van der Waals surface area contributed by atoms with E-state index in [1.54, 1.807) is 0 Å². The van der Waals surface area contributed by atoms with E-state index in [0.717, 1.165) is 31.6 Å². The fourth-order valence-corrected chi connectivity index (χ4v) is 2.06. The lowest BCUT2D eigenvalue weighted by Gasteiger charge is -2.27. The molecule has 0 saturated heterocycles. The van der Waals surface area contributed by atoms with Gasteiger partial charge in [-0.15, -0.1) is 0 Å².